The second-order valence-corrected chi connectivity index (χ2v) is 6.93. The minimum absolute atomic E-state index is 0.201. The molecular weight excluding hydrogens is 270 g/mol. The van der Waals surface area contributed by atoms with Gasteiger partial charge in [0.15, 0.2) is 0 Å². The zero-order valence-electron chi connectivity index (χ0n) is 12.6. The van der Waals surface area contributed by atoms with Crippen LogP contribution in [0.5, 0.6) is 0 Å². The molecule has 0 aromatic carbocycles. The first-order chi connectivity index (χ1) is 10.0. The molecule has 0 radical (unpaired) electrons. The number of hydrogen-bond donors (Lipinski definition) is 3. The van der Waals surface area contributed by atoms with E-state index in [0.717, 1.165) is 38.8 Å². The lowest BCUT2D eigenvalue weighted by atomic mass is 9.85. The van der Waals surface area contributed by atoms with Crippen LogP contribution in [0.4, 0.5) is 4.79 Å². The maximum Gasteiger partial charge on any atom is 0.315 e. The van der Waals surface area contributed by atoms with E-state index in [2.05, 4.69) is 15.5 Å². The first-order valence-electron chi connectivity index (χ1n) is 8.05. The number of fused-ring (bicyclic) bond motifs is 1. The summed E-state index contributed by atoms with van der Waals surface area (Å²) in [6, 6.07) is 0.222. The Morgan fingerprint density at radius 1 is 1.14 bits per heavy atom. The molecule has 0 spiro atoms. The van der Waals surface area contributed by atoms with E-state index in [9.17, 15) is 14.7 Å². The van der Waals surface area contributed by atoms with Crippen LogP contribution in [0.15, 0.2) is 0 Å². The molecule has 21 heavy (non-hydrogen) atoms. The summed E-state index contributed by atoms with van der Waals surface area (Å²) in [7, 11) is 0. The molecule has 1 saturated carbocycles. The van der Waals surface area contributed by atoms with Crippen molar-refractivity contribution >= 4 is 12.0 Å². The lowest BCUT2D eigenvalue weighted by Crippen LogP contribution is -2.53. The molecule has 0 aromatic heterocycles. The van der Waals surface area contributed by atoms with Gasteiger partial charge in [-0.1, -0.05) is 6.42 Å². The Morgan fingerprint density at radius 3 is 2.71 bits per heavy atom. The van der Waals surface area contributed by atoms with Crippen LogP contribution in [0.3, 0.4) is 0 Å². The van der Waals surface area contributed by atoms with Crippen LogP contribution in [0.25, 0.3) is 0 Å². The second-order valence-electron chi connectivity index (χ2n) is 6.93. The number of amides is 2. The highest BCUT2D eigenvalue weighted by Gasteiger charge is 2.46. The molecule has 118 valence electrons. The Bertz CT molecular complexity index is 442. The van der Waals surface area contributed by atoms with E-state index in [4.69, 9.17) is 0 Å². The van der Waals surface area contributed by atoms with E-state index in [1.54, 1.807) is 6.92 Å². The summed E-state index contributed by atoms with van der Waals surface area (Å²) in [4.78, 5) is 26.1. The van der Waals surface area contributed by atoms with Gasteiger partial charge in [0.2, 0.25) is 0 Å². The number of rotatable bonds is 3. The SMILES string of the molecule is CC1(C(=O)O)CCCC1NC(=O)NC1CCN2CCCC12. The number of carbonyl (C=O) groups excluding carboxylic acids is 1. The molecule has 3 N–H and O–H groups in total. The van der Waals surface area contributed by atoms with Crippen molar-refractivity contribution in [2.75, 3.05) is 13.1 Å². The topological polar surface area (TPSA) is 81.7 Å². The van der Waals surface area contributed by atoms with Gasteiger partial charge in [-0.3, -0.25) is 9.69 Å². The molecule has 4 atom stereocenters. The van der Waals surface area contributed by atoms with E-state index in [1.165, 1.54) is 6.42 Å². The van der Waals surface area contributed by atoms with Gasteiger partial charge in [-0.05, 0) is 45.6 Å². The van der Waals surface area contributed by atoms with Crippen molar-refractivity contribution in [3.63, 3.8) is 0 Å². The van der Waals surface area contributed by atoms with E-state index in [1.807, 2.05) is 0 Å². The fourth-order valence-corrected chi connectivity index (χ4v) is 4.27. The number of nitrogens with one attached hydrogen (secondary N) is 2. The number of carbonyl (C=O) groups is 2. The van der Waals surface area contributed by atoms with E-state index >= 15 is 0 Å². The molecule has 1 aliphatic carbocycles. The third kappa shape index (κ3) is 2.61. The van der Waals surface area contributed by atoms with Crippen molar-refractivity contribution in [1.29, 1.82) is 0 Å². The smallest absolute Gasteiger partial charge is 0.315 e. The van der Waals surface area contributed by atoms with Crippen molar-refractivity contribution in [3.8, 4) is 0 Å². The Morgan fingerprint density at radius 2 is 1.95 bits per heavy atom. The molecule has 6 heteroatoms. The van der Waals surface area contributed by atoms with Crippen LogP contribution in [0.2, 0.25) is 0 Å². The molecule has 3 rings (SSSR count). The summed E-state index contributed by atoms with van der Waals surface area (Å²) < 4.78 is 0. The number of carboxylic acid groups (broad SMARTS) is 1. The molecule has 0 bridgehead atoms. The van der Waals surface area contributed by atoms with Crippen molar-refractivity contribution < 1.29 is 14.7 Å². The van der Waals surface area contributed by atoms with E-state index in [0.29, 0.717) is 12.5 Å². The van der Waals surface area contributed by atoms with Gasteiger partial charge in [-0.25, -0.2) is 4.79 Å². The van der Waals surface area contributed by atoms with Gasteiger partial charge < -0.3 is 15.7 Å². The highest BCUT2D eigenvalue weighted by atomic mass is 16.4. The Labute approximate surface area is 125 Å². The summed E-state index contributed by atoms with van der Waals surface area (Å²) in [5.41, 5.74) is -0.827. The van der Waals surface area contributed by atoms with Crippen LogP contribution in [-0.2, 0) is 4.79 Å². The van der Waals surface area contributed by atoms with E-state index < -0.39 is 11.4 Å². The zero-order valence-corrected chi connectivity index (χ0v) is 12.6. The Balaban J connectivity index is 1.56. The number of nitrogens with zero attached hydrogens (tertiary/aromatic N) is 1. The van der Waals surface area contributed by atoms with Crippen molar-refractivity contribution in [2.45, 2.75) is 63.6 Å². The summed E-state index contributed by atoms with van der Waals surface area (Å²) in [5, 5.41) is 15.4. The largest absolute Gasteiger partial charge is 0.481 e. The lowest BCUT2D eigenvalue weighted by molar-refractivity contribution is -0.148. The minimum atomic E-state index is -0.827. The quantitative estimate of drug-likeness (QED) is 0.730. The molecule has 4 unspecified atom stereocenters. The van der Waals surface area contributed by atoms with Crippen molar-refractivity contribution in [1.82, 2.24) is 15.5 Å². The Hall–Kier alpha value is -1.30. The van der Waals surface area contributed by atoms with Crippen LogP contribution in [0, 0.1) is 5.41 Å². The number of hydrogen-bond acceptors (Lipinski definition) is 3. The summed E-state index contributed by atoms with van der Waals surface area (Å²) >= 11 is 0. The molecule has 2 amide bonds. The zero-order chi connectivity index (χ0) is 15.0. The Kier molecular flexibility index (Phi) is 3.82. The number of urea groups is 1. The van der Waals surface area contributed by atoms with Gasteiger partial charge in [-0.2, -0.15) is 0 Å². The highest BCUT2D eigenvalue weighted by Crippen LogP contribution is 2.38. The second kappa shape index (κ2) is 5.48. The van der Waals surface area contributed by atoms with Gasteiger partial charge in [0.25, 0.3) is 0 Å². The fourth-order valence-electron chi connectivity index (χ4n) is 4.27. The first-order valence-corrected chi connectivity index (χ1v) is 8.05. The standard InChI is InChI=1S/C15H25N3O3/c1-15(13(19)20)7-2-5-12(15)17-14(21)16-10-6-9-18-8-3-4-11(10)18/h10-12H,2-9H2,1H3,(H,19,20)(H2,16,17,21). The average Bonchev–Trinajstić information content (AvgIpc) is 3.09. The van der Waals surface area contributed by atoms with Crippen LogP contribution in [-0.4, -0.2) is 53.2 Å². The molecule has 3 aliphatic rings. The molecule has 2 heterocycles. The lowest BCUT2D eigenvalue weighted by Gasteiger charge is -2.29. The fraction of sp³-hybridized carbons (Fsp3) is 0.867. The van der Waals surface area contributed by atoms with Crippen molar-refractivity contribution in [2.24, 2.45) is 5.41 Å². The highest BCUT2D eigenvalue weighted by molar-refractivity contribution is 5.79. The molecule has 3 fully saturated rings. The normalized spacial score (nSPS) is 39.2. The third-order valence-corrected chi connectivity index (χ3v) is 5.67. The predicted molar refractivity (Wildman–Crippen MR) is 78.0 cm³/mol. The summed E-state index contributed by atoms with van der Waals surface area (Å²) in [6.45, 7) is 3.94. The molecule has 6 nitrogen and oxygen atoms in total. The monoisotopic (exact) mass is 295 g/mol. The first kappa shape index (κ1) is 14.6. The number of aliphatic carboxylic acids is 1. The van der Waals surface area contributed by atoms with Gasteiger partial charge in [0.1, 0.15) is 0 Å². The molecule has 0 aromatic rings. The van der Waals surface area contributed by atoms with Gasteiger partial charge in [0.05, 0.1) is 5.41 Å². The molecule has 2 saturated heterocycles. The van der Waals surface area contributed by atoms with Gasteiger partial charge in [-0.15, -0.1) is 0 Å². The molecule has 2 aliphatic heterocycles. The maximum atomic E-state index is 12.2. The van der Waals surface area contributed by atoms with Crippen molar-refractivity contribution in [3.05, 3.63) is 0 Å². The van der Waals surface area contributed by atoms with E-state index in [-0.39, 0.29) is 18.1 Å². The maximum absolute atomic E-state index is 12.2. The van der Waals surface area contributed by atoms with Crippen LogP contribution >= 0.6 is 0 Å². The summed E-state index contributed by atoms with van der Waals surface area (Å²) in [6.07, 6.45) is 5.60. The average molecular weight is 295 g/mol. The minimum Gasteiger partial charge on any atom is -0.481 e. The third-order valence-electron chi connectivity index (χ3n) is 5.67. The van der Waals surface area contributed by atoms with Crippen LogP contribution in [0.1, 0.15) is 45.4 Å². The molecular formula is C15H25N3O3. The predicted octanol–water partition coefficient (Wildman–Crippen LogP) is 1.17. The van der Waals surface area contributed by atoms with Gasteiger partial charge >= 0.3 is 12.0 Å². The van der Waals surface area contributed by atoms with Crippen LogP contribution < -0.4 is 10.6 Å². The van der Waals surface area contributed by atoms with Gasteiger partial charge in [0, 0.05) is 24.7 Å². The number of carboxylic acids is 1. The summed E-state index contributed by atoms with van der Waals surface area (Å²) in [5.74, 6) is -0.812.